The molecule has 0 aromatic carbocycles. The summed E-state index contributed by atoms with van der Waals surface area (Å²) < 4.78 is 0. The van der Waals surface area contributed by atoms with Crippen LogP contribution in [-0.4, -0.2) is 35.6 Å². The second-order valence-corrected chi connectivity index (χ2v) is 8.30. The third-order valence-electron chi connectivity index (χ3n) is 6.82. The summed E-state index contributed by atoms with van der Waals surface area (Å²) in [6.07, 6.45) is 13.0. The molecule has 2 heteroatoms. The maximum atomic E-state index is 3.92. The van der Waals surface area contributed by atoms with E-state index < -0.39 is 0 Å². The molecule has 0 amide bonds. The van der Waals surface area contributed by atoms with Gasteiger partial charge >= 0.3 is 0 Å². The predicted octanol–water partition coefficient (Wildman–Crippen LogP) is 4.20. The fourth-order valence-electron chi connectivity index (χ4n) is 4.81. The van der Waals surface area contributed by atoms with E-state index in [2.05, 4.69) is 31.0 Å². The first kappa shape index (κ1) is 15.8. The molecule has 0 bridgehead atoms. The van der Waals surface area contributed by atoms with Gasteiger partial charge in [0.05, 0.1) is 0 Å². The van der Waals surface area contributed by atoms with Crippen LogP contribution in [0.4, 0.5) is 0 Å². The average Bonchev–Trinajstić information content (AvgIpc) is 3.33. The van der Waals surface area contributed by atoms with Gasteiger partial charge in [-0.1, -0.05) is 46.0 Å². The Morgan fingerprint density at radius 3 is 2.33 bits per heavy atom. The first-order valence-corrected chi connectivity index (χ1v) is 9.65. The van der Waals surface area contributed by atoms with Gasteiger partial charge in [-0.2, -0.15) is 0 Å². The van der Waals surface area contributed by atoms with Crippen molar-refractivity contribution in [2.75, 3.05) is 13.1 Å². The Bertz CT molecular complexity index is 330. The van der Waals surface area contributed by atoms with Crippen LogP contribution >= 0.6 is 0 Å². The first-order valence-electron chi connectivity index (χ1n) is 9.65. The zero-order chi connectivity index (χ0) is 14.9. The van der Waals surface area contributed by atoms with Gasteiger partial charge in [-0.05, 0) is 44.4 Å². The van der Waals surface area contributed by atoms with E-state index >= 15 is 0 Å². The van der Waals surface area contributed by atoms with Crippen LogP contribution in [0.3, 0.4) is 0 Å². The first-order chi connectivity index (χ1) is 10.1. The third kappa shape index (κ3) is 3.32. The van der Waals surface area contributed by atoms with Crippen molar-refractivity contribution < 1.29 is 0 Å². The molecule has 3 unspecified atom stereocenters. The number of hydrogen-bond donors (Lipinski definition) is 1. The summed E-state index contributed by atoms with van der Waals surface area (Å²) in [7, 11) is 0. The maximum Gasteiger partial charge on any atom is 0.0337 e. The molecular formula is C19H36N2. The molecular weight excluding hydrogens is 256 g/mol. The molecule has 21 heavy (non-hydrogen) atoms. The number of piperazine rings is 1. The van der Waals surface area contributed by atoms with Crippen molar-refractivity contribution in [3.05, 3.63) is 0 Å². The molecule has 3 atom stereocenters. The molecule has 3 aliphatic rings. The summed E-state index contributed by atoms with van der Waals surface area (Å²) in [6.45, 7) is 9.87. The molecule has 1 aliphatic heterocycles. The van der Waals surface area contributed by atoms with Crippen LogP contribution < -0.4 is 5.32 Å². The van der Waals surface area contributed by atoms with E-state index in [1.54, 1.807) is 0 Å². The van der Waals surface area contributed by atoms with Gasteiger partial charge in [-0.3, -0.25) is 4.90 Å². The summed E-state index contributed by atoms with van der Waals surface area (Å²) in [5.74, 6) is 1.77. The summed E-state index contributed by atoms with van der Waals surface area (Å²) >= 11 is 0. The predicted molar refractivity (Wildman–Crippen MR) is 90.6 cm³/mol. The minimum absolute atomic E-state index is 0.443. The Morgan fingerprint density at radius 1 is 1.10 bits per heavy atom. The highest BCUT2D eigenvalue weighted by Gasteiger charge is 2.50. The lowest BCUT2D eigenvalue weighted by Crippen LogP contribution is -2.67. The molecule has 1 N–H and O–H groups in total. The molecule has 1 heterocycles. The Morgan fingerprint density at radius 2 is 1.76 bits per heavy atom. The number of hydrogen-bond acceptors (Lipinski definition) is 2. The van der Waals surface area contributed by atoms with Crippen LogP contribution in [0.25, 0.3) is 0 Å². The second kappa shape index (κ2) is 6.58. The van der Waals surface area contributed by atoms with Crippen LogP contribution in [0, 0.1) is 11.8 Å². The van der Waals surface area contributed by atoms with Gasteiger partial charge in [0.25, 0.3) is 0 Å². The molecule has 122 valence electrons. The Labute approximate surface area is 132 Å². The molecule has 2 aliphatic carbocycles. The highest BCUT2D eigenvalue weighted by Crippen LogP contribution is 2.46. The molecule has 3 fully saturated rings. The Balaban J connectivity index is 1.75. The zero-order valence-electron chi connectivity index (χ0n) is 14.5. The van der Waals surface area contributed by atoms with E-state index in [1.807, 2.05) is 0 Å². The van der Waals surface area contributed by atoms with Crippen molar-refractivity contribution in [2.45, 2.75) is 96.2 Å². The van der Waals surface area contributed by atoms with Crippen molar-refractivity contribution in [3.63, 3.8) is 0 Å². The Kier molecular flexibility index (Phi) is 4.95. The van der Waals surface area contributed by atoms with Crippen LogP contribution in [0.5, 0.6) is 0 Å². The van der Waals surface area contributed by atoms with E-state index in [9.17, 15) is 0 Å². The van der Waals surface area contributed by atoms with Crippen LogP contribution in [0.1, 0.15) is 78.6 Å². The lowest BCUT2D eigenvalue weighted by atomic mass is 9.84. The van der Waals surface area contributed by atoms with Crippen molar-refractivity contribution in [3.8, 4) is 0 Å². The van der Waals surface area contributed by atoms with E-state index in [1.165, 1.54) is 70.9 Å². The van der Waals surface area contributed by atoms with E-state index in [0.717, 1.165) is 17.9 Å². The number of nitrogens with one attached hydrogen (secondary N) is 1. The molecule has 0 spiro atoms. The minimum Gasteiger partial charge on any atom is -0.311 e. The number of rotatable bonds is 4. The highest BCUT2D eigenvalue weighted by molar-refractivity contribution is 5.07. The normalized spacial score (nSPS) is 38.1. The van der Waals surface area contributed by atoms with Crippen LogP contribution in [-0.2, 0) is 0 Å². The SMILES string of the molecule is CCC(C)C1CN(C2CCCCCC2)C(C)(C2CC2)CN1. The van der Waals surface area contributed by atoms with Crippen molar-refractivity contribution in [1.82, 2.24) is 10.2 Å². The van der Waals surface area contributed by atoms with Crippen molar-refractivity contribution >= 4 is 0 Å². The lowest BCUT2D eigenvalue weighted by Gasteiger charge is -2.53. The summed E-state index contributed by atoms with van der Waals surface area (Å²) in [4.78, 5) is 2.99. The quantitative estimate of drug-likeness (QED) is 0.781. The molecule has 0 radical (unpaired) electrons. The van der Waals surface area contributed by atoms with Crippen molar-refractivity contribution in [1.29, 1.82) is 0 Å². The molecule has 1 saturated heterocycles. The largest absolute Gasteiger partial charge is 0.311 e. The van der Waals surface area contributed by atoms with E-state index in [0.29, 0.717) is 11.6 Å². The topological polar surface area (TPSA) is 15.3 Å². The Hall–Kier alpha value is -0.0800. The van der Waals surface area contributed by atoms with Gasteiger partial charge in [0.15, 0.2) is 0 Å². The fraction of sp³-hybridized carbons (Fsp3) is 1.00. The molecule has 2 nitrogen and oxygen atoms in total. The third-order valence-corrected chi connectivity index (χ3v) is 6.82. The average molecular weight is 293 g/mol. The van der Waals surface area contributed by atoms with Gasteiger partial charge in [0, 0.05) is 30.7 Å². The van der Waals surface area contributed by atoms with E-state index in [4.69, 9.17) is 0 Å². The molecule has 3 rings (SSSR count). The van der Waals surface area contributed by atoms with Crippen molar-refractivity contribution in [2.24, 2.45) is 11.8 Å². The summed E-state index contributed by atoms with van der Waals surface area (Å²) in [5, 5.41) is 3.92. The van der Waals surface area contributed by atoms with E-state index in [-0.39, 0.29) is 0 Å². The van der Waals surface area contributed by atoms with Gasteiger partial charge in [-0.25, -0.2) is 0 Å². The highest BCUT2D eigenvalue weighted by atomic mass is 15.3. The van der Waals surface area contributed by atoms with Gasteiger partial charge in [0.2, 0.25) is 0 Å². The standard InChI is InChI=1S/C19H36N2/c1-4-15(2)18-13-21(17-9-7-5-6-8-10-17)19(3,14-20-18)16-11-12-16/h15-18,20H,4-14H2,1-3H3. The minimum atomic E-state index is 0.443. The molecule has 0 aromatic rings. The van der Waals surface area contributed by atoms with Crippen LogP contribution in [0.15, 0.2) is 0 Å². The van der Waals surface area contributed by atoms with Crippen LogP contribution in [0.2, 0.25) is 0 Å². The monoisotopic (exact) mass is 292 g/mol. The number of nitrogens with zero attached hydrogens (tertiary/aromatic N) is 1. The molecule has 2 saturated carbocycles. The zero-order valence-corrected chi connectivity index (χ0v) is 14.5. The summed E-state index contributed by atoms with van der Waals surface area (Å²) in [6, 6.07) is 1.58. The molecule has 0 aromatic heterocycles. The second-order valence-electron chi connectivity index (χ2n) is 8.30. The van der Waals surface area contributed by atoms with Gasteiger partial charge < -0.3 is 5.32 Å². The fourth-order valence-corrected chi connectivity index (χ4v) is 4.81. The van der Waals surface area contributed by atoms with Gasteiger partial charge in [0.1, 0.15) is 0 Å². The maximum absolute atomic E-state index is 3.92. The lowest BCUT2D eigenvalue weighted by molar-refractivity contribution is -0.0159. The smallest absolute Gasteiger partial charge is 0.0337 e. The van der Waals surface area contributed by atoms with Gasteiger partial charge in [-0.15, -0.1) is 0 Å². The summed E-state index contributed by atoms with van der Waals surface area (Å²) in [5.41, 5.74) is 0.443.